The molecule has 0 aliphatic carbocycles. The van der Waals surface area contributed by atoms with Gasteiger partial charge in [0.2, 0.25) is 0 Å². The second-order valence-electron chi connectivity index (χ2n) is 3.32. The molecule has 0 spiro atoms. The average molecular weight is 236 g/mol. The lowest BCUT2D eigenvalue weighted by Crippen LogP contribution is -1.91. The predicted molar refractivity (Wildman–Crippen MR) is 64.7 cm³/mol. The molecule has 16 heavy (non-hydrogen) atoms. The molecule has 1 heterocycles. The van der Waals surface area contributed by atoms with E-state index in [4.69, 9.17) is 9.47 Å². The van der Waals surface area contributed by atoms with Crippen LogP contribution in [0.1, 0.15) is 12.0 Å². The molecule has 2 rings (SSSR count). The highest BCUT2D eigenvalue weighted by molar-refractivity contribution is 8.21. The van der Waals surface area contributed by atoms with Crippen molar-refractivity contribution in [3.05, 3.63) is 29.8 Å². The molecule has 0 fully saturated rings. The van der Waals surface area contributed by atoms with Crippen molar-refractivity contribution in [1.82, 2.24) is 0 Å². The molecular weight excluding hydrogens is 224 g/mol. The van der Waals surface area contributed by atoms with E-state index in [0.29, 0.717) is 17.9 Å². The van der Waals surface area contributed by atoms with Gasteiger partial charge in [-0.25, -0.2) is 0 Å². The molecule has 0 bridgehead atoms. The molecule has 0 saturated heterocycles. The summed E-state index contributed by atoms with van der Waals surface area (Å²) < 4.78 is 10.4. The first-order chi connectivity index (χ1) is 7.74. The number of hydrogen-bond donors (Lipinski definition) is 0. The van der Waals surface area contributed by atoms with E-state index in [2.05, 4.69) is 0 Å². The number of carbonyl (C=O) groups is 1. The number of ether oxygens (including phenoxy) is 2. The maximum Gasteiger partial charge on any atom is 0.197 e. The molecule has 0 saturated carbocycles. The average Bonchev–Trinajstić information content (AvgIpc) is 2.75. The highest BCUT2D eigenvalue weighted by Gasteiger charge is 2.16. The Balaban J connectivity index is 2.33. The summed E-state index contributed by atoms with van der Waals surface area (Å²) in [5, 5.41) is 0.185. The Hall–Kier alpha value is -1.42. The van der Waals surface area contributed by atoms with E-state index in [-0.39, 0.29) is 5.12 Å². The van der Waals surface area contributed by atoms with Crippen molar-refractivity contribution in [1.29, 1.82) is 0 Å². The van der Waals surface area contributed by atoms with Gasteiger partial charge in [0.1, 0.15) is 0 Å². The molecule has 1 aromatic rings. The van der Waals surface area contributed by atoms with Gasteiger partial charge in [0.15, 0.2) is 16.6 Å². The van der Waals surface area contributed by atoms with Crippen LogP contribution >= 0.6 is 11.8 Å². The van der Waals surface area contributed by atoms with Gasteiger partial charge in [-0.15, -0.1) is 0 Å². The molecule has 0 radical (unpaired) electrons. The van der Waals surface area contributed by atoms with Crippen LogP contribution in [0.5, 0.6) is 11.5 Å². The number of thioether (sulfide) groups is 1. The molecule has 1 aliphatic heterocycles. The fourth-order valence-corrected chi connectivity index (χ4v) is 2.37. The minimum atomic E-state index is 0.185. The molecular formula is C12H12O3S. The van der Waals surface area contributed by atoms with E-state index < -0.39 is 0 Å². The number of allylic oxidation sites excluding steroid dienone is 1. The van der Waals surface area contributed by atoms with Crippen LogP contribution in [-0.4, -0.2) is 19.3 Å². The predicted octanol–water partition coefficient (Wildman–Crippen LogP) is 2.71. The van der Waals surface area contributed by atoms with Gasteiger partial charge in [-0.3, -0.25) is 4.79 Å². The summed E-state index contributed by atoms with van der Waals surface area (Å²) in [4.78, 5) is 12.2. The van der Waals surface area contributed by atoms with Crippen LogP contribution in [0.15, 0.2) is 24.3 Å². The lowest BCUT2D eigenvalue weighted by molar-refractivity contribution is -0.110. The summed E-state index contributed by atoms with van der Waals surface area (Å²) in [7, 11) is 3.20. The number of rotatable bonds is 3. The first-order valence-electron chi connectivity index (χ1n) is 4.88. The fourth-order valence-electron chi connectivity index (χ4n) is 1.55. The standard InChI is InChI=1S/C12H12O3S/c1-14-9-4-3-8(7-10(9)15-2)11-5-6-12(13)16-11/h3-5,7H,6H2,1-2H3. The molecule has 0 amide bonds. The third-order valence-electron chi connectivity index (χ3n) is 2.35. The molecule has 4 heteroatoms. The van der Waals surface area contributed by atoms with E-state index in [1.807, 2.05) is 24.3 Å². The molecule has 0 N–H and O–H groups in total. The number of benzene rings is 1. The van der Waals surface area contributed by atoms with E-state index in [1.54, 1.807) is 14.2 Å². The lowest BCUT2D eigenvalue weighted by atomic mass is 10.1. The fraction of sp³-hybridized carbons (Fsp3) is 0.250. The SMILES string of the molecule is COc1ccc(C2=CCC(=O)S2)cc1OC. The first kappa shape index (κ1) is 11.1. The van der Waals surface area contributed by atoms with Crippen LogP contribution in [0, 0.1) is 0 Å². The molecule has 1 aliphatic rings. The minimum Gasteiger partial charge on any atom is -0.493 e. The van der Waals surface area contributed by atoms with Gasteiger partial charge < -0.3 is 9.47 Å². The second-order valence-corrected chi connectivity index (χ2v) is 4.42. The maximum atomic E-state index is 11.2. The monoisotopic (exact) mass is 236 g/mol. The molecule has 1 aromatic carbocycles. The Morgan fingerprint density at radius 3 is 2.50 bits per heavy atom. The minimum absolute atomic E-state index is 0.185. The highest BCUT2D eigenvalue weighted by Crippen LogP contribution is 2.38. The normalized spacial score (nSPS) is 14.9. The summed E-state index contributed by atoms with van der Waals surface area (Å²) in [5.74, 6) is 1.38. The van der Waals surface area contributed by atoms with Crippen LogP contribution in [-0.2, 0) is 4.79 Å². The van der Waals surface area contributed by atoms with Gasteiger partial charge in [0.25, 0.3) is 0 Å². The van der Waals surface area contributed by atoms with Crippen LogP contribution in [0.25, 0.3) is 4.91 Å². The third-order valence-corrected chi connectivity index (χ3v) is 3.36. The molecule has 0 atom stereocenters. The zero-order valence-corrected chi connectivity index (χ0v) is 9.97. The summed E-state index contributed by atoms with van der Waals surface area (Å²) in [6, 6.07) is 5.66. The van der Waals surface area contributed by atoms with E-state index in [9.17, 15) is 4.79 Å². The molecule has 0 aromatic heterocycles. The van der Waals surface area contributed by atoms with Crippen LogP contribution < -0.4 is 9.47 Å². The summed E-state index contributed by atoms with van der Waals surface area (Å²) in [5.41, 5.74) is 0.994. The highest BCUT2D eigenvalue weighted by atomic mass is 32.2. The zero-order chi connectivity index (χ0) is 11.5. The number of carbonyl (C=O) groups excluding carboxylic acids is 1. The van der Waals surface area contributed by atoms with Crippen LogP contribution in [0.4, 0.5) is 0 Å². The first-order valence-corrected chi connectivity index (χ1v) is 5.69. The van der Waals surface area contributed by atoms with E-state index in [0.717, 1.165) is 10.5 Å². The van der Waals surface area contributed by atoms with Crippen molar-refractivity contribution in [2.24, 2.45) is 0 Å². The van der Waals surface area contributed by atoms with Crippen molar-refractivity contribution in [2.45, 2.75) is 6.42 Å². The van der Waals surface area contributed by atoms with Crippen LogP contribution in [0.3, 0.4) is 0 Å². The number of hydrogen-bond acceptors (Lipinski definition) is 4. The van der Waals surface area contributed by atoms with Crippen molar-refractivity contribution in [3.63, 3.8) is 0 Å². The van der Waals surface area contributed by atoms with Crippen molar-refractivity contribution in [2.75, 3.05) is 14.2 Å². The van der Waals surface area contributed by atoms with E-state index in [1.165, 1.54) is 11.8 Å². The van der Waals surface area contributed by atoms with Gasteiger partial charge >= 0.3 is 0 Å². The van der Waals surface area contributed by atoms with Gasteiger partial charge in [-0.1, -0.05) is 17.8 Å². The smallest absolute Gasteiger partial charge is 0.197 e. The van der Waals surface area contributed by atoms with Gasteiger partial charge in [-0.2, -0.15) is 0 Å². The quantitative estimate of drug-likeness (QED) is 0.808. The Labute approximate surface area is 98.4 Å². The maximum absolute atomic E-state index is 11.2. The topological polar surface area (TPSA) is 35.5 Å². The Kier molecular flexibility index (Phi) is 3.19. The molecule has 3 nitrogen and oxygen atoms in total. The van der Waals surface area contributed by atoms with Crippen molar-refractivity contribution in [3.8, 4) is 11.5 Å². The van der Waals surface area contributed by atoms with E-state index >= 15 is 0 Å². The van der Waals surface area contributed by atoms with Crippen molar-refractivity contribution < 1.29 is 14.3 Å². The zero-order valence-electron chi connectivity index (χ0n) is 9.15. The summed E-state index contributed by atoms with van der Waals surface area (Å²) in [6.07, 6.45) is 2.45. The Bertz CT molecular complexity index is 452. The van der Waals surface area contributed by atoms with Crippen molar-refractivity contribution >= 4 is 21.8 Å². The summed E-state index contributed by atoms with van der Waals surface area (Å²) in [6.45, 7) is 0. The third kappa shape index (κ3) is 2.07. The molecule has 84 valence electrons. The Morgan fingerprint density at radius 2 is 1.94 bits per heavy atom. The second kappa shape index (κ2) is 4.61. The van der Waals surface area contributed by atoms with Crippen LogP contribution in [0.2, 0.25) is 0 Å². The number of methoxy groups -OCH3 is 2. The summed E-state index contributed by atoms with van der Waals surface area (Å²) >= 11 is 1.28. The lowest BCUT2D eigenvalue weighted by Gasteiger charge is -2.09. The largest absolute Gasteiger partial charge is 0.493 e. The Morgan fingerprint density at radius 1 is 1.19 bits per heavy atom. The van der Waals surface area contributed by atoms with Gasteiger partial charge in [-0.05, 0) is 23.8 Å². The van der Waals surface area contributed by atoms with Gasteiger partial charge in [0, 0.05) is 11.3 Å². The molecule has 0 unspecified atom stereocenters. The van der Waals surface area contributed by atoms with Gasteiger partial charge in [0.05, 0.1) is 14.2 Å².